The number of hydrogen-bond acceptors (Lipinski definition) is 7. The Morgan fingerprint density at radius 3 is 2.47 bits per heavy atom. The summed E-state index contributed by atoms with van der Waals surface area (Å²) in [5.41, 5.74) is 2.13. The second kappa shape index (κ2) is 9.71. The van der Waals surface area contributed by atoms with E-state index in [1.165, 1.54) is 32.1 Å². The van der Waals surface area contributed by atoms with Crippen LogP contribution in [0, 0.1) is 0 Å². The molecule has 36 heavy (non-hydrogen) atoms. The molecule has 3 aromatic heterocycles. The first-order valence-corrected chi connectivity index (χ1v) is 13.2. The molecule has 1 saturated carbocycles. The lowest BCUT2D eigenvalue weighted by molar-refractivity contribution is -0.00692. The van der Waals surface area contributed by atoms with Crippen LogP contribution >= 0.6 is 0 Å². The molecule has 0 unspecified atom stereocenters. The maximum absolute atomic E-state index is 12.8. The van der Waals surface area contributed by atoms with E-state index in [1.54, 1.807) is 6.33 Å². The van der Waals surface area contributed by atoms with E-state index < -0.39 is 5.60 Å². The lowest BCUT2D eigenvalue weighted by atomic mass is 9.87. The number of carbonyl (C=O) groups is 1. The number of nitrogens with zero attached hydrogens (tertiary/aromatic N) is 7. The normalized spacial score (nSPS) is 23.7. The van der Waals surface area contributed by atoms with Gasteiger partial charge in [-0.2, -0.15) is 10.2 Å². The van der Waals surface area contributed by atoms with Crippen LogP contribution < -0.4 is 5.32 Å². The Morgan fingerprint density at radius 2 is 1.78 bits per heavy atom. The maximum atomic E-state index is 12.8. The Kier molecular flexibility index (Phi) is 6.61. The van der Waals surface area contributed by atoms with Crippen LogP contribution in [0.4, 0.5) is 16.3 Å². The number of rotatable bonds is 4. The molecule has 0 aromatic carbocycles. The second-order valence-corrected chi connectivity index (χ2v) is 11.4. The van der Waals surface area contributed by atoms with E-state index in [9.17, 15) is 4.79 Å². The summed E-state index contributed by atoms with van der Waals surface area (Å²) in [7, 11) is 0. The maximum Gasteiger partial charge on any atom is 0.410 e. The van der Waals surface area contributed by atoms with Crippen LogP contribution in [-0.2, 0) is 4.74 Å². The van der Waals surface area contributed by atoms with Crippen LogP contribution in [0.1, 0.15) is 97.2 Å². The minimum atomic E-state index is -0.506. The quantitative estimate of drug-likeness (QED) is 0.514. The minimum Gasteiger partial charge on any atom is -0.444 e. The van der Waals surface area contributed by atoms with Crippen molar-refractivity contribution in [3.8, 4) is 0 Å². The Labute approximate surface area is 212 Å². The fourth-order valence-electron chi connectivity index (χ4n) is 5.70. The Hall–Kier alpha value is -3.17. The minimum absolute atomic E-state index is 0.0543. The predicted molar refractivity (Wildman–Crippen MR) is 137 cm³/mol. The van der Waals surface area contributed by atoms with Crippen LogP contribution in [-0.4, -0.2) is 58.0 Å². The molecule has 0 radical (unpaired) electrons. The Morgan fingerprint density at radius 1 is 1.06 bits per heavy atom. The molecule has 0 bridgehead atoms. The van der Waals surface area contributed by atoms with Crippen molar-refractivity contribution in [1.29, 1.82) is 0 Å². The number of carbonyl (C=O) groups excluding carboxylic acids is 1. The summed E-state index contributed by atoms with van der Waals surface area (Å²) in [6, 6.07) is 0.302. The lowest BCUT2D eigenvalue weighted by Gasteiger charge is -2.42. The molecule has 1 aliphatic heterocycles. The number of aromatic nitrogens is 6. The number of fused-ring (bicyclic) bond motifs is 1. The molecule has 10 heteroatoms. The number of anilines is 2. The van der Waals surface area contributed by atoms with Crippen LogP contribution in [0.3, 0.4) is 0 Å². The molecule has 1 N–H and O–H groups in total. The molecule has 3 aromatic rings. The molecule has 1 saturated heterocycles. The van der Waals surface area contributed by atoms with Crippen LogP contribution in [0.25, 0.3) is 5.65 Å². The first-order valence-electron chi connectivity index (χ1n) is 13.2. The van der Waals surface area contributed by atoms with E-state index in [-0.39, 0.29) is 24.2 Å². The van der Waals surface area contributed by atoms with E-state index in [0.717, 1.165) is 24.2 Å². The largest absolute Gasteiger partial charge is 0.444 e. The summed E-state index contributed by atoms with van der Waals surface area (Å²) >= 11 is 0. The van der Waals surface area contributed by atoms with E-state index >= 15 is 0 Å². The van der Waals surface area contributed by atoms with E-state index in [1.807, 2.05) is 53.5 Å². The summed E-state index contributed by atoms with van der Waals surface area (Å²) in [4.78, 5) is 24.0. The third-order valence-electron chi connectivity index (χ3n) is 7.32. The van der Waals surface area contributed by atoms with Crippen molar-refractivity contribution in [2.45, 2.75) is 109 Å². The van der Waals surface area contributed by atoms with Crippen molar-refractivity contribution < 1.29 is 9.53 Å². The van der Waals surface area contributed by atoms with Gasteiger partial charge in [-0.1, -0.05) is 19.3 Å². The average molecular weight is 495 g/mol. The van der Waals surface area contributed by atoms with Crippen LogP contribution in [0.15, 0.2) is 24.9 Å². The van der Waals surface area contributed by atoms with Gasteiger partial charge < -0.3 is 15.0 Å². The van der Waals surface area contributed by atoms with Crippen LogP contribution in [0.5, 0.6) is 0 Å². The summed E-state index contributed by atoms with van der Waals surface area (Å²) in [5.74, 6) is 1.17. The summed E-state index contributed by atoms with van der Waals surface area (Å²) < 4.78 is 9.47. The topological polar surface area (TPSA) is 102 Å². The highest BCUT2D eigenvalue weighted by Crippen LogP contribution is 2.34. The van der Waals surface area contributed by atoms with Crippen molar-refractivity contribution in [3.05, 3.63) is 30.6 Å². The van der Waals surface area contributed by atoms with Crippen molar-refractivity contribution in [3.63, 3.8) is 0 Å². The molecule has 2 aliphatic rings. The van der Waals surface area contributed by atoms with Crippen molar-refractivity contribution in [2.75, 3.05) is 5.32 Å². The summed E-state index contributed by atoms with van der Waals surface area (Å²) in [5, 5.41) is 12.5. The third-order valence-corrected chi connectivity index (χ3v) is 7.32. The molecule has 3 atom stereocenters. The Bertz CT molecular complexity index is 1190. The molecular weight excluding hydrogens is 456 g/mol. The molecule has 1 aliphatic carbocycles. The molecule has 5 rings (SSSR count). The lowest BCUT2D eigenvalue weighted by Crippen LogP contribution is -2.51. The summed E-state index contributed by atoms with van der Waals surface area (Å²) in [6.45, 7) is 9.87. The van der Waals surface area contributed by atoms with Gasteiger partial charge >= 0.3 is 6.09 Å². The fraction of sp³-hybridized carbons (Fsp3) is 0.654. The van der Waals surface area contributed by atoms with Gasteiger partial charge in [0.05, 0.1) is 29.8 Å². The number of amides is 1. The number of nitrogens with one attached hydrogen (secondary N) is 1. The number of hydrogen-bond donors (Lipinski definition) is 1. The highest BCUT2D eigenvalue weighted by molar-refractivity contribution is 5.69. The standard InChI is InChI=1S/C26H38N8O2/c1-17-11-21(12-18(2)34(17)25(35)36-26(3,4)5)32-14-20(13-28-32)30-23-24-27-16-29-33(24)15-22(31-23)19-9-7-6-8-10-19/h13-19,21H,6-12H2,1-5H3,(H,30,31)/t17-,18+,21+. The first kappa shape index (κ1) is 24.5. The van der Waals surface area contributed by atoms with Crippen LogP contribution in [0.2, 0.25) is 0 Å². The molecule has 1 amide bonds. The number of piperidine rings is 1. The van der Waals surface area contributed by atoms with E-state index in [4.69, 9.17) is 9.72 Å². The predicted octanol–water partition coefficient (Wildman–Crippen LogP) is 5.46. The molecule has 10 nitrogen and oxygen atoms in total. The van der Waals surface area contributed by atoms with Gasteiger partial charge in [-0.3, -0.25) is 4.68 Å². The molecule has 4 heterocycles. The van der Waals surface area contributed by atoms with E-state index in [2.05, 4.69) is 34.3 Å². The zero-order chi connectivity index (χ0) is 25.4. The SMILES string of the molecule is C[C@@H]1C[C@H](n2cc(Nc3nc(C4CCCCC4)cn4ncnc34)cn2)C[C@H](C)N1C(=O)OC(C)(C)C. The van der Waals surface area contributed by atoms with Gasteiger partial charge in [0, 0.05) is 24.2 Å². The second-order valence-electron chi connectivity index (χ2n) is 11.4. The fourth-order valence-corrected chi connectivity index (χ4v) is 5.70. The summed E-state index contributed by atoms with van der Waals surface area (Å²) in [6.07, 6.45) is 15.0. The van der Waals surface area contributed by atoms with Gasteiger partial charge in [0.15, 0.2) is 11.5 Å². The van der Waals surface area contributed by atoms with Gasteiger partial charge in [-0.25, -0.2) is 19.3 Å². The van der Waals surface area contributed by atoms with Gasteiger partial charge in [-0.15, -0.1) is 0 Å². The van der Waals surface area contributed by atoms with Crippen molar-refractivity contribution >= 4 is 23.2 Å². The number of ether oxygens (including phenoxy) is 1. The molecular formula is C26H38N8O2. The highest BCUT2D eigenvalue weighted by Gasteiger charge is 2.37. The smallest absolute Gasteiger partial charge is 0.410 e. The van der Waals surface area contributed by atoms with Gasteiger partial charge in [0.25, 0.3) is 0 Å². The first-order chi connectivity index (χ1) is 17.2. The van der Waals surface area contributed by atoms with Gasteiger partial charge in [0.2, 0.25) is 0 Å². The Balaban J connectivity index is 1.31. The van der Waals surface area contributed by atoms with Crippen molar-refractivity contribution in [2.24, 2.45) is 0 Å². The zero-order valence-corrected chi connectivity index (χ0v) is 22.0. The van der Waals surface area contributed by atoms with Crippen molar-refractivity contribution in [1.82, 2.24) is 34.3 Å². The number of likely N-dealkylation sites (tertiary alicyclic amines) is 1. The third kappa shape index (κ3) is 5.17. The molecule has 194 valence electrons. The molecule has 0 spiro atoms. The molecule has 2 fully saturated rings. The average Bonchev–Trinajstić information content (AvgIpc) is 3.47. The van der Waals surface area contributed by atoms with E-state index in [0.29, 0.717) is 17.4 Å². The van der Waals surface area contributed by atoms with Gasteiger partial charge in [-0.05, 0) is 60.3 Å². The zero-order valence-electron chi connectivity index (χ0n) is 22.0. The monoisotopic (exact) mass is 494 g/mol. The van der Waals surface area contributed by atoms with Gasteiger partial charge in [0.1, 0.15) is 11.9 Å². The highest BCUT2D eigenvalue weighted by atomic mass is 16.6.